The van der Waals surface area contributed by atoms with Crippen LogP contribution in [0.25, 0.3) is 21.9 Å². The molecule has 29 heavy (non-hydrogen) atoms. The number of carbonyl (C=O) groups is 1. The number of hydrogen-bond donors (Lipinski definition) is 2. The second-order valence-corrected chi connectivity index (χ2v) is 8.50. The summed E-state index contributed by atoms with van der Waals surface area (Å²) in [4.78, 5) is 33.2. The fourth-order valence-corrected chi connectivity index (χ4v) is 5.05. The Labute approximate surface area is 171 Å². The fourth-order valence-electron chi connectivity index (χ4n) is 3.66. The normalized spacial score (nSPS) is 16.3. The molecule has 1 aliphatic carbocycles. The topological polar surface area (TPSA) is 98.6 Å². The maximum Gasteiger partial charge on any atom is 0.260 e. The molecule has 1 atom stereocenters. The summed E-state index contributed by atoms with van der Waals surface area (Å²) in [5.41, 5.74) is 2.69. The molecule has 0 radical (unpaired) electrons. The second kappa shape index (κ2) is 7.64. The van der Waals surface area contributed by atoms with E-state index in [4.69, 9.17) is 0 Å². The molecule has 1 aliphatic rings. The SMILES string of the molecule is CC(=O)Nc1ccc(/C=C(/C#N)c2nc3sc4c(c3c(=O)[nH]2)CCC(C)C4)cc1. The number of carbonyl (C=O) groups excluding carboxylic acids is 1. The zero-order chi connectivity index (χ0) is 20.5. The highest BCUT2D eigenvalue weighted by atomic mass is 32.1. The van der Waals surface area contributed by atoms with E-state index in [-0.39, 0.29) is 22.9 Å². The molecule has 3 aromatic rings. The highest BCUT2D eigenvalue weighted by Crippen LogP contribution is 2.35. The lowest BCUT2D eigenvalue weighted by Gasteiger charge is -2.17. The van der Waals surface area contributed by atoms with Crippen LogP contribution in [0.4, 0.5) is 5.69 Å². The summed E-state index contributed by atoms with van der Waals surface area (Å²) in [6.45, 7) is 3.67. The summed E-state index contributed by atoms with van der Waals surface area (Å²) in [5.74, 6) is 0.751. The van der Waals surface area contributed by atoms with Crippen LogP contribution in [0.15, 0.2) is 29.1 Å². The van der Waals surface area contributed by atoms with Gasteiger partial charge in [0.2, 0.25) is 5.91 Å². The Balaban J connectivity index is 1.72. The molecule has 1 aromatic carbocycles. The van der Waals surface area contributed by atoms with Crippen LogP contribution in [0.1, 0.15) is 42.1 Å². The number of H-pyrrole nitrogens is 1. The Morgan fingerprint density at radius 3 is 2.83 bits per heavy atom. The highest BCUT2D eigenvalue weighted by Gasteiger charge is 2.23. The number of aromatic nitrogens is 2. The monoisotopic (exact) mass is 404 g/mol. The first-order chi connectivity index (χ1) is 13.9. The summed E-state index contributed by atoms with van der Waals surface area (Å²) < 4.78 is 0. The molecule has 6 nitrogen and oxygen atoms in total. The number of benzene rings is 1. The van der Waals surface area contributed by atoms with Gasteiger partial charge in [0.15, 0.2) is 5.82 Å². The van der Waals surface area contributed by atoms with Gasteiger partial charge in [0.05, 0.1) is 11.0 Å². The van der Waals surface area contributed by atoms with Gasteiger partial charge in [-0.05, 0) is 54.5 Å². The number of allylic oxidation sites excluding steroid dienone is 1. The lowest BCUT2D eigenvalue weighted by Crippen LogP contribution is -2.14. The minimum atomic E-state index is -0.181. The number of thiophene rings is 1. The maximum atomic E-state index is 12.8. The first kappa shape index (κ1) is 19.1. The van der Waals surface area contributed by atoms with E-state index in [9.17, 15) is 14.9 Å². The van der Waals surface area contributed by atoms with Crippen molar-refractivity contribution in [1.29, 1.82) is 5.26 Å². The van der Waals surface area contributed by atoms with Crippen LogP contribution in [-0.4, -0.2) is 15.9 Å². The number of nitrogens with one attached hydrogen (secondary N) is 2. The number of aryl methyl sites for hydroxylation is 1. The van der Waals surface area contributed by atoms with Crippen molar-refractivity contribution in [3.05, 3.63) is 56.4 Å². The summed E-state index contributed by atoms with van der Waals surface area (Å²) in [6, 6.07) is 9.25. The standard InChI is InChI=1S/C22H20N4O2S/c1-12-3-8-17-18(9-12)29-22-19(17)21(28)25-20(26-22)15(11-23)10-14-4-6-16(7-5-14)24-13(2)27/h4-7,10,12H,3,8-9H2,1-2H3,(H,24,27)(H,25,26,28)/b15-10-. The molecule has 2 aromatic heterocycles. The van der Waals surface area contributed by atoms with Crippen LogP contribution >= 0.6 is 11.3 Å². The van der Waals surface area contributed by atoms with Crippen molar-refractivity contribution in [3.63, 3.8) is 0 Å². The molecule has 1 amide bonds. The van der Waals surface area contributed by atoms with Crippen molar-refractivity contribution in [2.24, 2.45) is 5.92 Å². The lowest BCUT2D eigenvalue weighted by molar-refractivity contribution is -0.114. The van der Waals surface area contributed by atoms with E-state index in [2.05, 4.69) is 28.3 Å². The van der Waals surface area contributed by atoms with Crippen LogP contribution in [0.3, 0.4) is 0 Å². The molecule has 0 spiro atoms. The Kier molecular flexibility index (Phi) is 5.03. The van der Waals surface area contributed by atoms with Crippen LogP contribution in [0.5, 0.6) is 0 Å². The van der Waals surface area contributed by atoms with E-state index in [1.165, 1.54) is 11.8 Å². The van der Waals surface area contributed by atoms with Gasteiger partial charge in [-0.15, -0.1) is 11.3 Å². The number of nitriles is 1. The van der Waals surface area contributed by atoms with Crippen molar-refractivity contribution in [3.8, 4) is 6.07 Å². The van der Waals surface area contributed by atoms with Gasteiger partial charge in [-0.2, -0.15) is 5.26 Å². The van der Waals surface area contributed by atoms with Crippen molar-refractivity contribution in [2.45, 2.75) is 33.1 Å². The first-order valence-electron chi connectivity index (χ1n) is 9.49. The molecular weight excluding hydrogens is 384 g/mol. The quantitative estimate of drug-likeness (QED) is 0.641. The fraction of sp³-hybridized carbons (Fsp3) is 0.273. The number of rotatable bonds is 3. The molecule has 0 saturated heterocycles. The lowest BCUT2D eigenvalue weighted by atomic mass is 9.89. The Hall–Kier alpha value is -3.24. The third-order valence-electron chi connectivity index (χ3n) is 5.08. The molecule has 2 N–H and O–H groups in total. The summed E-state index contributed by atoms with van der Waals surface area (Å²) in [6.07, 6.45) is 4.64. The number of hydrogen-bond acceptors (Lipinski definition) is 5. The Morgan fingerprint density at radius 1 is 1.38 bits per heavy atom. The molecule has 0 saturated carbocycles. The smallest absolute Gasteiger partial charge is 0.260 e. The van der Waals surface area contributed by atoms with Gasteiger partial charge in [-0.25, -0.2) is 4.98 Å². The minimum Gasteiger partial charge on any atom is -0.326 e. The van der Waals surface area contributed by atoms with E-state index in [1.807, 2.05) is 0 Å². The number of nitrogens with zero attached hydrogens (tertiary/aromatic N) is 2. The molecule has 0 fully saturated rings. The van der Waals surface area contributed by atoms with Crippen molar-refractivity contribution in [2.75, 3.05) is 5.32 Å². The van der Waals surface area contributed by atoms with E-state index >= 15 is 0 Å². The van der Waals surface area contributed by atoms with Crippen molar-refractivity contribution in [1.82, 2.24) is 9.97 Å². The molecular formula is C22H20N4O2S. The summed E-state index contributed by atoms with van der Waals surface area (Å²) in [5, 5.41) is 13.0. The minimum absolute atomic E-state index is 0.144. The van der Waals surface area contributed by atoms with Crippen molar-refractivity contribution >= 4 is 44.8 Å². The molecule has 0 aliphatic heterocycles. The van der Waals surface area contributed by atoms with Crippen LogP contribution in [0, 0.1) is 17.2 Å². The predicted octanol–water partition coefficient (Wildman–Crippen LogP) is 4.13. The van der Waals surface area contributed by atoms with Crippen molar-refractivity contribution < 1.29 is 4.79 Å². The van der Waals surface area contributed by atoms with E-state index in [1.54, 1.807) is 41.7 Å². The summed E-state index contributed by atoms with van der Waals surface area (Å²) >= 11 is 1.57. The van der Waals surface area contributed by atoms with Gasteiger partial charge < -0.3 is 10.3 Å². The van der Waals surface area contributed by atoms with Gasteiger partial charge in [0.1, 0.15) is 10.9 Å². The van der Waals surface area contributed by atoms with E-state index in [0.717, 1.165) is 30.4 Å². The van der Waals surface area contributed by atoms with Crippen LogP contribution in [-0.2, 0) is 17.6 Å². The van der Waals surface area contributed by atoms with Gasteiger partial charge in [-0.3, -0.25) is 9.59 Å². The Morgan fingerprint density at radius 2 is 2.14 bits per heavy atom. The first-order valence-corrected chi connectivity index (χ1v) is 10.3. The maximum absolute atomic E-state index is 12.8. The zero-order valence-electron chi connectivity index (χ0n) is 16.2. The number of anilines is 1. The predicted molar refractivity (Wildman–Crippen MR) is 116 cm³/mol. The van der Waals surface area contributed by atoms with Gasteiger partial charge >= 0.3 is 0 Å². The molecule has 2 heterocycles. The molecule has 0 bridgehead atoms. The molecule has 1 unspecified atom stereocenters. The third kappa shape index (κ3) is 3.84. The molecule has 4 rings (SSSR count). The van der Waals surface area contributed by atoms with Gasteiger partial charge in [0.25, 0.3) is 5.56 Å². The summed E-state index contributed by atoms with van der Waals surface area (Å²) in [7, 11) is 0. The second-order valence-electron chi connectivity index (χ2n) is 7.42. The number of aromatic amines is 1. The van der Waals surface area contributed by atoms with Crippen LogP contribution in [0.2, 0.25) is 0 Å². The average molecular weight is 404 g/mol. The number of fused-ring (bicyclic) bond motifs is 3. The van der Waals surface area contributed by atoms with E-state index < -0.39 is 0 Å². The molecule has 146 valence electrons. The number of amides is 1. The van der Waals surface area contributed by atoms with E-state index in [0.29, 0.717) is 21.8 Å². The van der Waals surface area contributed by atoms with Gasteiger partial charge in [0, 0.05) is 17.5 Å². The van der Waals surface area contributed by atoms with Gasteiger partial charge in [-0.1, -0.05) is 19.1 Å². The Bertz CT molecular complexity index is 1230. The largest absolute Gasteiger partial charge is 0.326 e. The highest BCUT2D eigenvalue weighted by molar-refractivity contribution is 7.18. The average Bonchev–Trinajstić information content (AvgIpc) is 3.04. The zero-order valence-corrected chi connectivity index (χ0v) is 17.0. The third-order valence-corrected chi connectivity index (χ3v) is 6.23. The molecule has 7 heteroatoms. The van der Waals surface area contributed by atoms with Crippen LogP contribution < -0.4 is 10.9 Å².